The molecule has 0 saturated carbocycles. The van der Waals surface area contributed by atoms with E-state index in [9.17, 15) is 66.6 Å². The van der Waals surface area contributed by atoms with Gasteiger partial charge in [0.2, 0.25) is 0 Å². The van der Waals surface area contributed by atoms with Gasteiger partial charge in [-0.25, -0.2) is 0 Å². The largest absolute Gasteiger partial charge is 0.487 e. The summed E-state index contributed by atoms with van der Waals surface area (Å²) in [5.74, 6) is -1.42. The maximum Gasteiger partial charge on any atom is 0.298 e. The van der Waals surface area contributed by atoms with E-state index in [4.69, 9.17) is 9.47 Å². The summed E-state index contributed by atoms with van der Waals surface area (Å²) in [5.41, 5.74) is -2.08. The molecule has 1 aliphatic rings. The van der Waals surface area contributed by atoms with Gasteiger partial charge in [0.25, 0.3) is 40.5 Å². The molecule has 3 rings (SSSR count). The summed E-state index contributed by atoms with van der Waals surface area (Å²) in [6.07, 6.45) is 6.94. The Morgan fingerprint density at radius 1 is 0.729 bits per heavy atom. The lowest BCUT2D eigenvalue weighted by molar-refractivity contribution is 0.0588. The molecule has 0 aromatic heterocycles. The lowest BCUT2D eigenvalue weighted by atomic mass is 9.86. The van der Waals surface area contributed by atoms with Gasteiger partial charge in [-0.3, -0.25) is 18.2 Å². The molecule has 0 heterocycles. The second-order valence-corrected chi connectivity index (χ2v) is 22.1. The van der Waals surface area contributed by atoms with E-state index >= 15 is 0 Å². The molecule has 322 valence electrons. The number of hydrogen-bond acceptors (Lipinski definition) is 16. The zero-order chi connectivity index (χ0) is 45.2. The molecule has 0 radical (unpaired) electrons. The summed E-state index contributed by atoms with van der Waals surface area (Å²) in [4.78, 5) is 31.3. The second-order valence-electron chi connectivity index (χ2n) is 14.4. The smallest absolute Gasteiger partial charge is 0.298 e. The Morgan fingerprint density at radius 3 is 1.69 bits per heavy atom. The molecule has 1 aliphatic carbocycles. The van der Waals surface area contributed by atoms with E-state index in [1.54, 1.807) is 41.5 Å². The van der Waals surface area contributed by atoms with E-state index in [2.05, 4.69) is 13.7 Å². The van der Waals surface area contributed by atoms with Crippen LogP contribution >= 0.6 is 10.6 Å². The maximum absolute atomic E-state index is 12.7. The number of hydrogen-bond donors (Lipinski definition) is 4. The van der Waals surface area contributed by atoms with Crippen molar-refractivity contribution in [3.63, 3.8) is 0 Å². The highest BCUT2D eigenvalue weighted by atomic mass is 32.3. The first-order valence-electron chi connectivity index (χ1n) is 16.4. The van der Waals surface area contributed by atoms with Crippen LogP contribution in [0.25, 0.3) is 11.1 Å². The van der Waals surface area contributed by atoms with Gasteiger partial charge < -0.3 is 9.47 Å². The van der Waals surface area contributed by atoms with E-state index in [0.29, 0.717) is 18.4 Å². The number of benzene rings is 2. The predicted octanol–water partition coefficient (Wildman–Crippen LogP) is 7.76. The Kier molecular flexibility index (Phi) is 14.4. The van der Waals surface area contributed by atoms with Gasteiger partial charge in [-0.2, -0.15) is 33.7 Å². The Hall–Kier alpha value is -4.73. The van der Waals surface area contributed by atoms with Crippen molar-refractivity contribution in [1.29, 1.82) is 0 Å². The maximum atomic E-state index is 12.7. The molecule has 2 aromatic carbocycles. The van der Waals surface area contributed by atoms with Crippen LogP contribution in [-0.4, -0.2) is 57.5 Å². The summed E-state index contributed by atoms with van der Waals surface area (Å²) in [5, 5.41) is 0. The van der Waals surface area contributed by atoms with Gasteiger partial charge in [-0.1, -0.05) is 51.1 Å². The predicted molar refractivity (Wildman–Crippen MR) is 218 cm³/mol. The fourth-order valence-electron chi connectivity index (χ4n) is 5.23. The van der Waals surface area contributed by atoms with Crippen molar-refractivity contribution in [1.82, 2.24) is 0 Å². The fourth-order valence-corrected chi connectivity index (χ4v) is 8.85. The number of rotatable bonds is 15. The first-order chi connectivity index (χ1) is 26.8. The first kappa shape index (κ1) is 48.6. The van der Waals surface area contributed by atoms with Crippen molar-refractivity contribution in [2.24, 2.45) is 13.7 Å². The topological polar surface area (TPSA) is 324 Å². The van der Waals surface area contributed by atoms with E-state index in [1.807, 2.05) is 0 Å². The summed E-state index contributed by atoms with van der Waals surface area (Å²) in [7, 11) is -24.7. The molecule has 0 spiro atoms. The third-order valence-corrected chi connectivity index (χ3v) is 13.0. The van der Waals surface area contributed by atoms with Gasteiger partial charge in [0, 0.05) is 13.7 Å². The van der Waals surface area contributed by atoms with Crippen LogP contribution in [0.3, 0.4) is 0 Å². The molecule has 25 heteroatoms. The fraction of sp³-hybridized carbons (Fsp3) is 0.294. The van der Waals surface area contributed by atoms with Crippen LogP contribution in [0.1, 0.15) is 60.5 Å². The Labute approximate surface area is 342 Å². The molecule has 4 N–H and O–H groups in total. The van der Waals surface area contributed by atoms with Gasteiger partial charge in [0.15, 0.2) is 16.3 Å². The van der Waals surface area contributed by atoms with Crippen molar-refractivity contribution in [2.45, 2.75) is 80.6 Å². The molecule has 0 bridgehead atoms. The average Bonchev–Trinajstić information content (AvgIpc) is 3.30. The van der Waals surface area contributed by atoms with Gasteiger partial charge in [0.05, 0.1) is 16.1 Å². The first-order valence-corrected chi connectivity index (χ1v) is 23.7. The zero-order valence-corrected chi connectivity index (χ0v) is 36.2. The van der Waals surface area contributed by atoms with E-state index in [-0.39, 0.29) is 44.9 Å². The van der Waals surface area contributed by atoms with Crippen molar-refractivity contribution in [2.75, 3.05) is 0 Å². The molecule has 0 fully saturated rings. The van der Waals surface area contributed by atoms with Crippen LogP contribution in [0.4, 0.5) is 0 Å². The molecule has 0 unspecified atom stereocenters. The van der Waals surface area contributed by atoms with Gasteiger partial charge in [-0.05, 0) is 104 Å². The van der Waals surface area contributed by atoms with Gasteiger partial charge in [0.1, 0.15) is 26.1 Å². The monoisotopic (exact) mass is 921 g/mol. The summed E-state index contributed by atoms with van der Waals surface area (Å²) >= 11 is 0. The van der Waals surface area contributed by atoms with Crippen LogP contribution in [-0.2, 0) is 50.6 Å². The molecule has 0 atom stereocenters. The quantitative estimate of drug-likeness (QED) is 0.0573. The standard InChI is InChI=1S/C34H39N3O17S5/c1-21(56(41,42)43)17-23(22-11-14-27(54-34(5,6)7)28(15-12-22)57(44,45)46)9-8-16-53-32-30(58(47,48)49)19-25(20-31(32)59(50,51)52)24-10-13-26(33(2,3)4)29(18-24)55(35-38,36-39)37-40/h8-11,13-20H,12H2,1-7H3,(H,41,42,43)(H,44,45,46)(H,47,48,49)(H,50,51,52)/b16-8+,21-17+,23-9+. The van der Waals surface area contributed by atoms with E-state index in [0.717, 1.165) is 37.3 Å². The Bertz CT molecular complexity index is 2640. The summed E-state index contributed by atoms with van der Waals surface area (Å²) in [6.45, 7) is 10.8. The van der Waals surface area contributed by atoms with Crippen molar-refractivity contribution < 1.29 is 61.4 Å². The Balaban J connectivity index is 2.31. The molecule has 2 aromatic rings. The molecule has 59 heavy (non-hydrogen) atoms. The highest BCUT2D eigenvalue weighted by molar-refractivity contribution is 8.30. The number of nitroso groups, excluding NO2 is 3. The van der Waals surface area contributed by atoms with E-state index < -0.39 is 87.4 Å². The van der Waals surface area contributed by atoms with Gasteiger partial charge >= 0.3 is 0 Å². The third kappa shape index (κ3) is 12.2. The highest BCUT2D eigenvalue weighted by Crippen LogP contribution is 2.62. The lowest BCUT2D eigenvalue weighted by Gasteiger charge is -2.27. The highest BCUT2D eigenvalue weighted by Gasteiger charge is 2.38. The normalized spacial score (nSPS) is 15.7. The molecule has 0 aliphatic heterocycles. The van der Waals surface area contributed by atoms with Crippen LogP contribution in [0.2, 0.25) is 0 Å². The molecule has 20 nitrogen and oxygen atoms in total. The minimum atomic E-state index is -5.43. The summed E-state index contributed by atoms with van der Waals surface area (Å²) < 4.78 is 158. The van der Waals surface area contributed by atoms with Crippen molar-refractivity contribution >= 4 is 51.1 Å². The van der Waals surface area contributed by atoms with Crippen molar-refractivity contribution in [3.05, 3.63) is 120 Å². The molecular weight excluding hydrogens is 883 g/mol. The summed E-state index contributed by atoms with van der Waals surface area (Å²) in [6, 6.07) is 5.03. The lowest BCUT2D eigenvalue weighted by Crippen LogP contribution is -2.21. The molecule has 0 amide bonds. The Morgan fingerprint density at radius 2 is 1.25 bits per heavy atom. The minimum absolute atomic E-state index is 0.0633. The van der Waals surface area contributed by atoms with Gasteiger partial charge in [-0.15, -0.1) is 14.7 Å². The van der Waals surface area contributed by atoms with Crippen molar-refractivity contribution in [3.8, 4) is 16.9 Å². The zero-order valence-electron chi connectivity index (χ0n) is 32.1. The van der Waals surface area contributed by atoms with E-state index in [1.165, 1.54) is 24.3 Å². The van der Waals surface area contributed by atoms with Crippen LogP contribution in [0, 0.1) is 14.7 Å². The van der Waals surface area contributed by atoms with Crippen LogP contribution in [0.5, 0.6) is 5.75 Å². The second kappa shape index (κ2) is 17.5. The SMILES string of the molecule is C\C(=C/C(=C\C=C\Oc1c(S(=O)(=O)O)cc(-c2ccc(C(C)(C)C)c(S(N=O)(N=O)N=O)c2)cc1S(=O)(=O)O)C1=CC=C(OC(C)(C)C)C(S(=O)(=O)O)=CC1)S(=O)(=O)O. The third-order valence-electron chi connectivity index (χ3n) is 7.86. The minimum Gasteiger partial charge on any atom is -0.487 e. The molecule has 0 saturated heterocycles. The van der Waals surface area contributed by atoms with Crippen LogP contribution < -0.4 is 4.74 Å². The van der Waals surface area contributed by atoms with Crippen LogP contribution in [0.15, 0.2) is 128 Å². The number of nitrogens with zero attached hydrogens (tertiary/aromatic N) is 3. The number of ether oxygens (including phenoxy) is 2. The molecular formula is C34H39N3O17S5. The number of allylic oxidation sites excluding steroid dienone is 9. The average molecular weight is 922 g/mol.